The zero-order valence-corrected chi connectivity index (χ0v) is 14.4. The first-order valence-electron chi connectivity index (χ1n) is 8.89. The van der Waals surface area contributed by atoms with Crippen molar-refractivity contribution < 1.29 is 14.3 Å². The molecule has 0 bridgehead atoms. The van der Waals surface area contributed by atoms with Crippen LogP contribution in [0.15, 0.2) is 41.4 Å². The van der Waals surface area contributed by atoms with Crippen LogP contribution in [0.25, 0.3) is 28.1 Å². The number of hydrogen-bond acceptors (Lipinski definition) is 4. The third kappa shape index (κ3) is 2.31. The zero-order valence-electron chi connectivity index (χ0n) is 14.4. The first-order chi connectivity index (χ1) is 12.7. The van der Waals surface area contributed by atoms with Gasteiger partial charge in [-0.05, 0) is 30.7 Å². The zero-order chi connectivity index (χ0) is 17.7. The van der Waals surface area contributed by atoms with Gasteiger partial charge < -0.3 is 14.5 Å². The van der Waals surface area contributed by atoms with Crippen LogP contribution in [0.3, 0.4) is 0 Å². The van der Waals surface area contributed by atoms with Crippen molar-refractivity contribution >= 4 is 28.8 Å². The van der Waals surface area contributed by atoms with Crippen molar-refractivity contribution in [2.24, 2.45) is 4.99 Å². The summed E-state index contributed by atoms with van der Waals surface area (Å²) in [5.41, 5.74) is 5.59. The molecular weight excluding hydrogens is 328 g/mol. The van der Waals surface area contributed by atoms with Crippen LogP contribution in [-0.4, -0.2) is 23.9 Å². The van der Waals surface area contributed by atoms with Gasteiger partial charge in [-0.25, -0.2) is 9.79 Å². The lowest BCUT2D eigenvalue weighted by Crippen LogP contribution is -2.27. The Morgan fingerprint density at radius 1 is 1.27 bits per heavy atom. The predicted octanol–water partition coefficient (Wildman–Crippen LogP) is 3.37. The van der Waals surface area contributed by atoms with Gasteiger partial charge in [0.05, 0.1) is 17.7 Å². The molecule has 1 unspecified atom stereocenters. The molecule has 5 nitrogen and oxygen atoms in total. The van der Waals surface area contributed by atoms with E-state index < -0.39 is 6.16 Å². The Morgan fingerprint density at radius 2 is 2.15 bits per heavy atom. The largest absolute Gasteiger partial charge is 0.508 e. The van der Waals surface area contributed by atoms with E-state index in [2.05, 4.69) is 29.3 Å². The standard InChI is InChI=1S/C21H18N2O3/c1-2-25-21(24)26-12-7-8-18-14(9-12)16-10-15-13-5-3-4-6-17(13)22-19(15)11-20(16)23-18/h3-6,8,10-12,23H,2,7,9H2,1H3. The highest BCUT2D eigenvalue weighted by Gasteiger charge is 2.23. The van der Waals surface area contributed by atoms with E-state index in [9.17, 15) is 4.79 Å². The number of rotatable bonds is 2. The van der Waals surface area contributed by atoms with E-state index in [1.807, 2.05) is 18.2 Å². The van der Waals surface area contributed by atoms with Gasteiger partial charge in [0.1, 0.15) is 6.10 Å². The lowest BCUT2D eigenvalue weighted by Gasteiger charge is -2.18. The van der Waals surface area contributed by atoms with Gasteiger partial charge in [-0.2, -0.15) is 0 Å². The molecular formula is C21H18N2O3. The molecule has 0 saturated heterocycles. The molecule has 2 aromatic carbocycles. The molecule has 130 valence electrons. The van der Waals surface area contributed by atoms with E-state index in [4.69, 9.17) is 14.5 Å². The van der Waals surface area contributed by atoms with E-state index in [1.165, 1.54) is 16.5 Å². The molecule has 1 aliphatic carbocycles. The van der Waals surface area contributed by atoms with Crippen LogP contribution in [-0.2, 0) is 15.9 Å². The Kier molecular flexibility index (Phi) is 3.35. The van der Waals surface area contributed by atoms with Crippen LogP contribution in [0.1, 0.15) is 18.9 Å². The van der Waals surface area contributed by atoms with Gasteiger partial charge >= 0.3 is 6.16 Å². The van der Waals surface area contributed by atoms with Gasteiger partial charge in [0.2, 0.25) is 0 Å². The molecule has 1 aliphatic heterocycles. The van der Waals surface area contributed by atoms with Gasteiger partial charge in [-0.15, -0.1) is 0 Å². The summed E-state index contributed by atoms with van der Waals surface area (Å²) in [5, 5.41) is 3.27. The highest BCUT2D eigenvalue weighted by molar-refractivity contribution is 5.91. The molecule has 1 atom stereocenters. The van der Waals surface area contributed by atoms with Gasteiger partial charge in [0.25, 0.3) is 0 Å². The summed E-state index contributed by atoms with van der Waals surface area (Å²) in [5.74, 6) is 0. The highest BCUT2D eigenvalue weighted by Crippen LogP contribution is 2.34. The fourth-order valence-corrected chi connectivity index (χ4v) is 3.88. The molecule has 1 aromatic heterocycles. The topological polar surface area (TPSA) is 63.7 Å². The van der Waals surface area contributed by atoms with E-state index in [0.717, 1.165) is 27.5 Å². The van der Waals surface area contributed by atoms with Gasteiger partial charge in [-0.1, -0.05) is 24.3 Å². The number of ether oxygens (including phenoxy) is 2. The normalized spacial score (nSPS) is 16.9. The minimum atomic E-state index is -0.595. The molecule has 2 aliphatic rings. The molecule has 2 heterocycles. The maximum Gasteiger partial charge on any atom is 0.508 e. The van der Waals surface area contributed by atoms with Gasteiger partial charge in [0.15, 0.2) is 0 Å². The van der Waals surface area contributed by atoms with Crippen molar-refractivity contribution in [1.82, 2.24) is 4.98 Å². The van der Waals surface area contributed by atoms with Crippen LogP contribution < -0.4 is 10.7 Å². The Hall–Kier alpha value is -3.08. The lowest BCUT2D eigenvalue weighted by atomic mass is 9.96. The number of nitrogens with zero attached hydrogens (tertiary/aromatic N) is 1. The number of aromatic amines is 1. The Bertz CT molecular complexity index is 1160. The van der Waals surface area contributed by atoms with E-state index >= 15 is 0 Å². The fraction of sp³-hybridized carbons (Fsp3) is 0.238. The monoisotopic (exact) mass is 346 g/mol. The smallest absolute Gasteiger partial charge is 0.435 e. The molecule has 0 amide bonds. The van der Waals surface area contributed by atoms with Crippen molar-refractivity contribution in [3.63, 3.8) is 0 Å². The van der Waals surface area contributed by atoms with Crippen LogP contribution in [0, 0.1) is 0 Å². The third-order valence-electron chi connectivity index (χ3n) is 5.03. The molecule has 0 fully saturated rings. The summed E-state index contributed by atoms with van der Waals surface area (Å²) in [6, 6.07) is 12.5. The van der Waals surface area contributed by atoms with Crippen LogP contribution in [0.5, 0.6) is 0 Å². The predicted molar refractivity (Wildman–Crippen MR) is 98.9 cm³/mol. The highest BCUT2D eigenvalue weighted by atomic mass is 16.7. The average Bonchev–Trinajstić information content (AvgIpc) is 3.17. The molecule has 0 saturated carbocycles. The van der Waals surface area contributed by atoms with Crippen molar-refractivity contribution in [2.45, 2.75) is 25.9 Å². The van der Waals surface area contributed by atoms with E-state index in [1.54, 1.807) is 6.92 Å². The Balaban J connectivity index is 1.57. The second-order valence-corrected chi connectivity index (χ2v) is 6.63. The number of nitrogens with one attached hydrogen (secondary N) is 1. The summed E-state index contributed by atoms with van der Waals surface area (Å²) in [4.78, 5) is 19.9. The second-order valence-electron chi connectivity index (χ2n) is 6.63. The lowest BCUT2D eigenvalue weighted by molar-refractivity contribution is 0.0279. The second kappa shape index (κ2) is 5.73. The van der Waals surface area contributed by atoms with Crippen LogP contribution >= 0.6 is 0 Å². The number of aromatic nitrogens is 1. The number of H-pyrrole nitrogens is 1. The van der Waals surface area contributed by atoms with E-state index in [0.29, 0.717) is 19.4 Å². The number of carbonyl (C=O) groups is 1. The number of hydrogen-bond donors (Lipinski definition) is 1. The summed E-state index contributed by atoms with van der Waals surface area (Å²) in [7, 11) is 0. The van der Waals surface area contributed by atoms with E-state index in [-0.39, 0.29) is 6.10 Å². The molecule has 3 aromatic rings. The number of benzene rings is 2. The quantitative estimate of drug-likeness (QED) is 0.566. The number of fused-ring (bicyclic) bond motifs is 6. The molecule has 26 heavy (non-hydrogen) atoms. The molecule has 0 spiro atoms. The fourth-order valence-electron chi connectivity index (χ4n) is 3.88. The summed E-state index contributed by atoms with van der Waals surface area (Å²) >= 11 is 0. The Morgan fingerprint density at radius 3 is 3.04 bits per heavy atom. The van der Waals surface area contributed by atoms with Crippen molar-refractivity contribution in [1.29, 1.82) is 0 Å². The molecule has 5 rings (SSSR count). The van der Waals surface area contributed by atoms with Crippen LogP contribution in [0.2, 0.25) is 0 Å². The summed E-state index contributed by atoms with van der Waals surface area (Å²) < 4.78 is 10.3. The van der Waals surface area contributed by atoms with Crippen molar-refractivity contribution in [3.05, 3.63) is 52.7 Å². The minimum Gasteiger partial charge on any atom is -0.435 e. The third-order valence-corrected chi connectivity index (χ3v) is 5.03. The van der Waals surface area contributed by atoms with Crippen molar-refractivity contribution in [2.75, 3.05) is 6.61 Å². The van der Waals surface area contributed by atoms with Gasteiger partial charge in [-0.3, -0.25) is 0 Å². The molecule has 0 radical (unpaired) electrons. The molecule has 1 N–H and O–H groups in total. The summed E-state index contributed by atoms with van der Waals surface area (Å²) in [6.07, 6.45) is 2.68. The maximum absolute atomic E-state index is 11.6. The Labute approximate surface area is 150 Å². The number of carbonyl (C=O) groups excluding carboxylic acids is 1. The maximum atomic E-state index is 11.6. The summed E-state index contributed by atoms with van der Waals surface area (Å²) in [6.45, 7) is 2.10. The first-order valence-corrected chi connectivity index (χ1v) is 8.89. The van der Waals surface area contributed by atoms with Crippen LogP contribution in [0.4, 0.5) is 10.5 Å². The average molecular weight is 346 g/mol. The van der Waals surface area contributed by atoms with Gasteiger partial charge in [0, 0.05) is 40.2 Å². The molecule has 5 heteroatoms. The minimum absolute atomic E-state index is 0.189. The first kappa shape index (κ1) is 15.2. The van der Waals surface area contributed by atoms with Crippen molar-refractivity contribution in [3.8, 4) is 11.1 Å². The SMILES string of the molecule is CCOC(=O)OC1CC=c2[nH]c3cc4c(cc3c2C1)-c1ccccc1N=4. The number of para-hydroxylation sites is 1.